The minimum atomic E-state index is 0.123. The summed E-state index contributed by atoms with van der Waals surface area (Å²) in [5, 5.41) is 1.11. The molecule has 0 amide bonds. The zero-order valence-electron chi connectivity index (χ0n) is 14.0. The first-order valence-corrected chi connectivity index (χ1v) is 8.27. The van der Waals surface area contributed by atoms with Gasteiger partial charge < -0.3 is 9.72 Å². The van der Waals surface area contributed by atoms with E-state index in [2.05, 4.69) is 11.1 Å². The number of benzene rings is 2. The summed E-state index contributed by atoms with van der Waals surface area (Å²) in [5.41, 5.74) is 4.18. The Morgan fingerprint density at radius 1 is 1.08 bits per heavy atom. The molecule has 0 spiro atoms. The quantitative estimate of drug-likeness (QED) is 0.632. The summed E-state index contributed by atoms with van der Waals surface area (Å²) in [4.78, 5) is 15.2. The number of aromatic amines is 1. The molecule has 1 N–H and O–H groups in total. The van der Waals surface area contributed by atoms with Crippen LogP contribution in [0.5, 0.6) is 5.75 Å². The Morgan fingerprint density at radius 2 is 1.83 bits per heavy atom. The first kappa shape index (κ1) is 16.1. The fourth-order valence-corrected chi connectivity index (χ4v) is 2.74. The van der Waals surface area contributed by atoms with E-state index in [4.69, 9.17) is 4.74 Å². The molecule has 24 heavy (non-hydrogen) atoms. The van der Waals surface area contributed by atoms with E-state index in [1.807, 2.05) is 62.4 Å². The second kappa shape index (κ2) is 7.18. The van der Waals surface area contributed by atoms with E-state index in [1.54, 1.807) is 6.08 Å². The van der Waals surface area contributed by atoms with E-state index in [-0.39, 0.29) is 5.78 Å². The number of rotatable bonds is 6. The Kier molecular flexibility index (Phi) is 4.80. The number of hydrogen-bond acceptors (Lipinski definition) is 2. The van der Waals surface area contributed by atoms with Gasteiger partial charge in [-0.05, 0) is 55.0 Å². The molecular formula is C21H21NO2. The number of ketones is 1. The normalized spacial score (nSPS) is 11.2. The summed E-state index contributed by atoms with van der Waals surface area (Å²) >= 11 is 0. The minimum Gasteiger partial charge on any atom is -0.494 e. The molecule has 3 heteroatoms. The van der Waals surface area contributed by atoms with Crippen molar-refractivity contribution in [2.75, 3.05) is 6.61 Å². The summed E-state index contributed by atoms with van der Waals surface area (Å²) in [6.45, 7) is 4.49. The van der Waals surface area contributed by atoms with Crippen LogP contribution in [0.3, 0.4) is 0 Å². The highest BCUT2D eigenvalue weighted by molar-refractivity contribution is 6.01. The van der Waals surface area contributed by atoms with E-state index in [1.165, 1.54) is 0 Å². The molecule has 0 aliphatic carbocycles. The van der Waals surface area contributed by atoms with E-state index in [0.717, 1.165) is 33.5 Å². The fraction of sp³-hybridized carbons (Fsp3) is 0.190. The van der Waals surface area contributed by atoms with Crippen molar-refractivity contribution in [1.82, 2.24) is 4.98 Å². The van der Waals surface area contributed by atoms with Crippen molar-refractivity contribution in [3.05, 3.63) is 60.2 Å². The second-order valence-corrected chi connectivity index (χ2v) is 5.57. The topological polar surface area (TPSA) is 42.1 Å². The first-order chi connectivity index (χ1) is 11.7. The number of allylic oxidation sites excluding steroid dienone is 1. The third-order valence-electron chi connectivity index (χ3n) is 3.98. The van der Waals surface area contributed by atoms with E-state index in [9.17, 15) is 4.79 Å². The lowest BCUT2D eigenvalue weighted by atomic mass is 10.0. The van der Waals surface area contributed by atoms with Crippen LogP contribution in [0.15, 0.2) is 54.6 Å². The van der Waals surface area contributed by atoms with Crippen LogP contribution in [0.1, 0.15) is 25.8 Å². The molecule has 0 fully saturated rings. The zero-order valence-corrected chi connectivity index (χ0v) is 14.0. The van der Waals surface area contributed by atoms with Gasteiger partial charge in [-0.15, -0.1) is 0 Å². The number of carbonyl (C=O) groups excluding carboxylic acids is 1. The smallest absolute Gasteiger partial charge is 0.155 e. The molecule has 0 saturated heterocycles. The lowest BCUT2D eigenvalue weighted by molar-refractivity contribution is -0.114. The number of hydrogen-bond donors (Lipinski definition) is 1. The molecule has 1 heterocycles. The molecule has 1 aromatic heterocycles. The first-order valence-electron chi connectivity index (χ1n) is 8.27. The molecular weight excluding hydrogens is 298 g/mol. The molecule has 3 aromatic rings. The summed E-state index contributed by atoms with van der Waals surface area (Å²) < 4.78 is 5.51. The van der Waals surface area contributed by atoms with Crippen molar-refractivity contribution in [3.8, 4) is 17.0 Å². The van der Waals surface area contributed by atoms with Crippen LogP contribution in [-0.4, -0.2) is 17.4 Å². The maximum atomic E-state index is 11.7. The van der Waals surface area contributed by atoms with Crippen molar-refractivity contribution in [3.63, 3.8) is 0 Å². The lowest BCUT2D eigenvalue weighted by Gasteiger charge is -2.05. The SMILES string of the molecule is CCOc1ccc(-c2[nH]c3ccccc3c2/C=C/C(=O)CC)cc1. The van der Waals surface area contributed by atoms with Crippen LogP contribution in [0.25, 0.3) is 28.2 Å². The van der Waals surface area contributed by atoms with Gasteiger partial charge in [0.05, 0.1) is 12.3 Å². The highest BCUT2D eigenvalue weighted by atomic mass is 16.5. The van der Waals surface area contributed by atoms with Crippen LogP contribution in [0.2, 0.25) is 0 Å². The largest absolute Gasteiger partial charge is 0.494 e. The van der Waals surface area contributed by atoms with Crippen molar-refractivity contribution >= 4 is 22.8 Å². The summed E-state index contributed by atoms with van der Waals surface area (Å²) in [7, 11) is 0. The third kappa shape index (κ3) is 3.25. The van der Waals surface area contributed by atoms with Gasteiger partial charge in [0.15, 0.2) is 5.78 Å². The van der Waals surface area contributed by atoms with Gasteiger partial charge in [0, 0.05) is 22.9 Å². The predicted octanol–water partition coefficient (Wildman–Crippen LogP) is 5.23. The van der Waals surface area contributed by atoms with Crippen LogP contribution in [0.4, 0.5) is 0 Å². The molecule has 122 valence electrons. The number of ether oxygens (including phenoxy) is 1. The Balaban J connectivity index is 2.09. The molecule has 3 nitrogen and oxygen atoms in total. The van der Waals surface area contributed by atoms with Crippen molar-refractivity contribution < 1.29 is 9.53 Å². The van der Waals surface area contributed by atoms with Crippen LogP contribution >= 0.6 is 0 Å². The van der Waals surface area contributed by atoms with Gasteiger partial charge in [0.2, 0.25) is 0 Å². The van der Waals surface area contributed by atoms with Gasteiger partial charge in [-0.2, -0.15) is 0 Å². The monoisotopic (exact) mass is 319 g/mol. The summed E-state index contributed by atoms with van der Waals surface area (Å²) in [6, 6.07) is 16.1. The molecule has 0 radical (unpaired) electrons. The number of H-pyrrole nitrogens is 1. The highest BCUT2D eigenvalue weighted by Gasteiger charge is 2.11. The van der Waals surface area contributed by atoms with Gasteiger partial charge in [-0.1, -0.05) is 25.1 Å². The van der Waals surface area contributed by atoms with E-state index in [0.29, 0.717) is 13.0 Å². The van der Waals surface area contributed by atoms with Crippen LogP contribution in [0, 0.1) is 0 Å². The Labute approximate surface area is 142 Å². The number of fused-ring (bicyclic) bond motifs is 1. The molecule has 0 aliphatic heterocycles. The summed E-state index contributed by atoms with van der Waals surface area (Å²) in [6.07, 6.45) is 4.08. The van der Waals surface area contributed by atoms with Crippen LogP contribution in [-0.2, 0) is 4.79 Å². The van der Waals surface area contributed by atoms with Gasteiger partial charge in [0.1, 0.15) is 5.75 Å². The Bertz CT molecular complexity index is 872. The molecule has 0 bridgehead atoms. The van der Waals surface area contributed by atoms with Crippen molar-refractivity contribution in [2.45, 2.75) is 20.3 Å². The van der Waals surface area contributed by atoms with E-state index < -0.39 is 0 Å². The predicted molar refractivity (Wildman–Crippen MR) is 99.2 cm³/mol. The highest BCUT2D eigenvalue weighted by Crippen LogP contribution is 2.32. The van der Waals surface area contributed by atoms with Crippen molar-refractivity contribution in [2.24, 2.45) is 0 Å². The summed E-state index contributed by atoms with van der Waals surface area (Å²) in [5.74, 6) is 0.980. The maximum Gasteiger partial charge on any atom is 0.155 e. The maximum absolute atomic E-state index is 11.7. The fourth-order valence-electron chi connectivity index (χ4n) is 2.74. The number of para-hydroxylation sites is 1. The second-order valence-electron chi connectivity index (χ2n) is 5.57. The van der Waals surface area contributed by atoms with Gasteiger partial charge >= 0.3 is 0 Å². The number of nitrogens with one attached hydrogen (secondary N) is 1. The standard InChI is InChI=1S/C21H21NO2/c1-3-16(23)11-14-19-18-7-5-6-8-20(18)22-21(19)15-9-12-17(13-10-15)24-4-2/h5-14,22H,3-4H2,1-2H3/b14-11+. The molecule has 3 rings (SSSR count). The van der Waals surface area contributed by atoms with Gasteiger partial charge in [-0.3, -0.25) is 4.79 Å². The van der Waals surface area contributed by atoms with Gasteiger partial charge in [-0.25, -0.2) is 0 Å². The number of carbonyl (C=O) groups is 1. The number of aromatic nitrogens is 1. The minimum absolute atomic E-state index is 0.123. The lowest BCUT2D eigenvalue weighted by Crippen LogP contribution is -1.91. The zero-order chi connectivity index (χ0) is 16.9. The molecule has 0 aliphatic rings. The Morgan fingerprint density at radius 3 is 2.54 bits per heavy atom. The Hall–Kier alpha value is -2.81. The molecule has 2 aromatic carbocycles. The average Bonchev–Trinajstić information content (AvgIpc) is 2.99. The van der Waals surface area contributed by atoms with Gasteiger partial charge in [0.25, 0.3) is 0 Å². The molecule has 0 atom stereocenters. The van der Waals surface area contributed by atoms with E-state index >= 15 is 0 Å². The third-order valence-corrected chi connectivity index (χ3v) is 3.98. The average molecular weight is 319 g/mol. The van der Waals surface area contributed by atoms with Crippen molar-refractivity contribution in [1.29, 1.82) is 0 Å². The molecule has 0 unspecified atom stereocenters. The molecule has 0 saturated carbocycles. The van der Waals surface area contributed by atoms with Crippen LogP contribution < -0.4 is 4.74 Å².